The molecule has 0 bridgehead atoms. The van der Waals surface area contributed by atoms with Crippen molar-refractivity contribution in [1.82, 2.24) is 14.5 Å². The van der Waals surface area contributed by atoms with E-state index in [-0.39, 0.29) is 6.03 Å². The average molecular weight is 455 g/mol. The molecule has 2 amide bonds. The molecule has 1 aliphatic heterocycles. The van der Waals surface area contributed by atoms with Crippen LogP contribution >= 0.6 is 27.5 Å². The third-order valence-corrected chi connectivity index (χ3v) is 5.84. The summed E-state index contributed by atoms with van der Waals surface area (Å²) in [6.45, 7) is 2.35. The third-order valence-electron chi connectivity index (χ3n) is 3.74. The number of ether oxygens (including phenoxy) is 1. The molecule has 0 spiro atoms. The molecule has 0 aliphatic carbocycles. The van der Waals surface area contributed by atoms with Crippen LogP contribution in [0.5, 0.6) is 5.75 Å². The quantitative estimate of drug-likeness (QED) is 0.668. The number of amides is 2. The van der Waals surface area contributed by atoms with Crippen LogP contribution in [0.25, 0.3) is 0 Å². The van der Waals surface area contributed by atoms with E-state index in [0.29, 0.717) is 56.5 Å². The van der Waals surface area contributed by atoms with Crippen molar-refractivity contribution in [2.45, 2.75) is 6.42 Å². The fourth-order valence-electron chi connectivity index (χ4n) is 2.38. The summed E-state index contributed by atoms with van der Waals surface area (Å²) in [5.41, 5.74) is 0. The molecule has 0 saturated carbocycles. The van der Waals surface area contributed by atoms with E-state index in [1.54, 1.807) is 17.0 Å². The molecule has 0 unspecified atom stereocenters. The predicted molar refractivity (Wildman–Crippen MR) is 101 cm³/mol. The van der Waals surface area contributed by atoms with Crippen molar-refractivity contribution in [1.29, 1.82) is 0 Å². The number of carbonyl (C=O) groups is 1. The predicted octanol–water partition coefficient (Wildman–Crippen LogP) is 2.16. The first-order valence-corrected chi connectivity index (χ1v) is 10.8. The Morgan fingerprint density at radius 3 is 2.60 bits per heavy atom. The number of hydrogen-bond acceptors (Lipinski definition) is 4. The number of carbonyl (C=O) groups excluding carboxylic acids is 1. The number of halogens is 2. The molecule has 0 atom stereocenters. The lowest BCUT2D eigenvalue weighted by atomic mass is 10.3. The number of urea groups is 1. The molecule has 2 rings (SSSR count). The highest BCUT2D eigenvalue weighted by atomic mass is 79.9. The van der Waals surface area contributed by atoms with Crippen LogP contribution in [0.2, 0.25) is 5.02 Å². The van der Waals surface area contributed by atoms with Gasteiger partial charge in [-0.05, 0) is 24.6 Å². The van der Waals surface area contributed by atoms with Crippen LogP contribution in [-0.2, 0) is 10.0 Å². The molecule has 140 valence electrons. The fraction of sp³-hybridized carbons (Fsp3) is 0.533. The third kappa shape index (κ3) is 6.32. The van der Waals surface area contributed by atoms with Gasteiger partial charge in [0.15, 0.2) is 0 Å². The standard InChI is InChI=1S/C15H21BrClN3O4S/c1-25(22,23)20-8-6-19(7-9-20)15(21)18-5-2-10-24-14-4-3-12(16)11-13(14)17/h3-4,11H,2,5-10H2,1H3,(H,18,21). The Morgan fingerprint density at radius 2 is 2.00 bits per heavy atom. The van der Waals surface area contributed by atoms with E-state index in [0.717, 1.165) is 4.47 Å². The molecule has 7 nitrogen and oxygen atoms in total. The number of benzene rings is 1. The van der Waals surface area contributed by atoms with Crippen molar-refractivity contribution in [2.75, 3.05) is 45.6 Å². The first kappa shape index (κ1) is 20.3. The maximum Gasteiger partial charge on any atom is 0.317 e. The van der Waals surface area contributed by atoms with Gasteiger partial charge in [-0.1, -0.05) is 27.5 Å². The minimum Gasteiger partial charge on any atom is -0.492 e. The van der Waals surface area contributed by atoms with E-state index < -0.39 is 10.0 Å². The van der Waals surface area contributed by atoms with Crippen LogP contribution < -0.4 is 10.1 Å². The molecule has 10 heteroatoms. The molecule has 1 saturated heterocycles. The first-order valence-electron chi connectivity index (χ1n) is 7.83. The van der Waals surface area contributed by atoms with Gasteiger partial charge in [-0.15, -0.1) is 0 Å². The van der Waals surface area contributed by atoms with Crippen molar-refractivity contribution >= 4 is 43.6 Å². The van der Waals surface area contributed by atoms with Crippen LogP contribution in [0.1, 0.15) is 6.42 Å². The van der Waals surface area contributed by atoms with E-state index >= 15 is 0 Å². The van der Waals surface area contributed by atoms with Gasteiger partial charge in [0.2, 0.25) is 10.0 Å². The van der Waals surface area contributed by atoms with Crippen molar-refractivity contribution in [2.24, 2.45) is 0 Å². The fourth-order valence-corrected chi connectivity index (χ4v) is 3.93. The molecule has 1 aliphatic rings. The number of rotatable bonds is 6. The van der Waals surface area contributed by atoms with Gasteiger partial charge in [0, 0.05) is 37.2 Å². The van der Waals surface area contributed by atoms with E-state index in [1.807, 2.05) is 6.07 Å². The summed E-state index contributed by atoms with van der Waals surface area (Å²) in [7, 11) is -3.19. The zero-order chi connectivity index (χ0) is 18.4. The second-order valence-electron chi connectivity index (χ2n) is 5.66. The smallest absolute Gasteiger partial charge is 0.317 e. The number of sulfonamides is 1. The highest BCUT2D eigenvalue weighted by molar-refractivity contribution is 9.10. The minimum absolute atomic E-state index is 0.185. The summed E-state index contributed by atoms with van der Waals surface area (Å²) in [4.78, 5) is 13.7. The second-order valence-corrected chi connectivity index (χ2v) is 8.96. The lowest BCUT2D eigenvalue weighted by molar-refractivity contribution is 0.172. The summed E-state index contributed by atoms with van der Waals surface area (Å²) in [5, 5.41) is 3.34. The van der Waals surface area contributed by atoms with Gasteiger partial charge >= 0.3 is 6.03 Å². The van der Waals surface area contributed by atoms with Crippen LogP contribution in [0.3, 0.4) is 0 Å². The summed E-state index contributed by atoms with van der Waals surface area (Å²) in [5.74, 6) is 0.605. The van der Waals surface area contributed by atoms with Crippen molar-refractivity contribution in [3.8, 4) is 5.75 Å². The van der Waals surface area contributed by atoms with Gasteiger partial charge in [0.1, 0.15) is 5.75 Å². The average Bonchev–Trinajstić information content (AvgIpc) is 2.55. The molecular weight excluding hydrogens is 434 g/mol. The van der Waals surface area contributed by atoms with Gasteiger partial charge in [-0.25, -0.2) is 13.2 Å². The van der Waals surface area contributed by atoms with Crippen LogP contribution in [0, 0.1) is 0 Å². The van der Waals surface area contributed by atoms with Crippen LogP contribution in [0.4, 0.5) is 4.79 Å². The van der Waals surface area contributed by atoms with Gasteiger partial charge in [0.25, 0.3) is 0 Å². The SMILES string of the molecule is CS(=O)(=O)N1CCN(C(=O)NCCCOc2ccc(Br)cc2Cl)CC1. The van der Waals surface area contributed by atoms with Crippen LogP contribution in [-0.4, -0.2) is 69.2 Å². The molecule has 1 heterocycles. The summed E-state index contributed by atoms with van der Waals surface area (Å²) < 4.78 is 30.7. The summed E-state index contributed by atoms with van der Waals surface area (Å²) >= 11 is 9.39. The van der Waals surface area contributed by atoms with Crippen molar-refractivity contribution in [3.63, 3.8) is 0 Å². The molecule has 1 aromatic rings. The molecule has 0 radical (unpaired) electrons. The number of piperazine rings is 1. The van der Waals surface area contributed by atoms with Gasteiger partial charge in [-0.3, -0.25) is 0 Å². The maximum atomic E-state index is 12.1. The second kappa shape index (κ2) is 9.07. The van der Waals surface area contributed by atoms with Gasteiger partial charge in [-0.2, -0.15) is 4.31 Å². The zero-order valence-corrected chi connectivity index (χ0v) is 17.0. The molecule has 1 fully saturated rings. The molecule has 0 aromatic heterocycles. The Morgan fingerprint density at radius 1 is 1.32 bits per heavy atom. The summed E-state index contributed by atoms with van der Waals surface area (Å²) in [6.07, 6.45) is 1.82. The van der Waals surface area contributed by atoms with E-state index in [1.165, 1.54) is 10.6 Å². The molecule has 1 N–H and O–H groups in total. The van der Waals surface area contributed by atoms with E-state index in [9.17, 15) is 13.2 Å². The lowest BCUT2D eigenvalue weighted by Crippen LogP contribution is -2.53. The molecule has 1 aromatic carbocycles. The Balaban J connectivity index is 1.64. The monoisotopic (exact) mass is 453 g/mol. The summed E-state index contributed by atoms with van der Waals surface area (Å²) in [6, 6.07) is 5.20. The largest absolute Gasteiger partial charge is 0.492 e. The molecular formula is C15H21BrClN3O4S. The van der Waals surface area contributed by atoms with Crippen molar-refractivity contribution < 1.29 is 17.9 Å². The normalized spacial score (nSPS) is 15.9. The Bertz CT molecular complexity index is 709. The first-order chi connectivity index (χ1) is 11.8. The lowest BCUT2D eigenvalue weighted by Gasteiger charge is -2.33. The topological polar surface area (TPSA) is 79.0 Å². The maximum absolute atomic E-state index is 12.1. The number of nitrogens with zero attached hydrogens (tertiary/aromatic N) is 2. The Labute approximate surface area is 161 Å². The van der Waals surface area contributed by atoms with E-state index in [4.69, 9.17) is 16.3 Å². The van der Waals surface area contributed by atoms with Gasteiger partial charge in [0.05, 0.1) is 17.9 Å². The Kier molecular flexibility index (Phi) is 7.36. The highest BCUT2D eigenvalue weighted by Gasteiger charge is 2.25. The minimum atomic E-state index is -3.19. The zero-order valence-electron chi connectivity index (χ0n) is 13.9. The van der Waals surface area contributed by atoms with E-state index in [2.05, 4.69) is 21.2 Å². The highest BCUT2D eigenvalue weighted by Crippen LogP contribution is 2.27. The van der Waals surface area contributed by atoms with Crippen molar-refractivity contribution in [3.05, 3.63) is 27.7 Å². The Hall–Kier alpha value is -1.03. The number of nitrogens with one attached hydrogen (secondary N) is 1. The number of hydrogen-bond donors (Lipinski definition) is 1. The van der Waals surface area contributed by atoms with Crippen LogP contribution in [0.15, 0.2) is 22.7 Å². The molecule has 25 heavy (non-hydrogen) atoms. The van der Waals surface area contributed by atoms with Gasteiger partial charge < -0.3 is 15.0 Å².